The molecule has 3 N–H and O–H groups in total. The van der Waals surface area contributed by atoms with Gasteiger partial charge in [0.1, 0.15) is 0 Å². The molecule has 116 valence electrons. The molecule has 0 rings (SSSR count). The summed E-state index contributed by atoms with van der Waals surface area (Å²) < 4.78 is 60.0. The molecular formula is C9H18F4N2O2S2. The van der Waals surface area contributed by atoms with E-state index in [1.807, 2.05) is 5.32 Å². The summed E-state index contributed by atoms with van der Waals surface area (Å²) in [6.45, 7) is -0.321. The summed E-state index contributed by atoms with van der Waals surface area (Å²) in [5, 5.41) is 2.00. The van der Waals surface area contributed by atoms with Crippen molar-refractivity contribution >= 4 is 24.4 Å². The zero-order chi connectivity index (χ0) is 14.8. The van der Waals surface area contributed by atoms with Crippen molar-refractivity contribution in [1.82, 2.24) is 5.32 Å². The zero-order valence-electron chi connectivity index (χ0n) is 10.2. The summed E-state index contributed by atoms with van der Waals surface area (Å²) in [6.07, 6.45) is -1.06. The van der Waals surface area contributed by atoms with Crippen LogP contribution >= 0.6 is 24.4 Å². The third-order valence-corrected chi connectivity index (χ3v) is 2.70. The molecule has 0 atom stereocenters. The van der Waals surface area contributed by atoms with E-state index in [-0.39, 0.29) is 31.0 Å². The average molecular weight is 326 g/mol. The van der Waals surface area contributed by atoms with Gasteiger partial charge in [-0.1, -0.05) is 0 Å². The summed E-state index contributed by atoms with van der Waals surface area (Å²) in [5.41, 5.74) is 4.44. The minimum absolute atomic E-state index is 0.0340. The van der Waals surface area contributed by atoms with E-state index in [4.69, 9.17) is 9.47 Å². The van der Waals surface area contributed by atoms with Gasteiger partial charge in [0.15, 0.2) is 0 Å². The molecule has 0 aromatic rings. The molecule has 0 fully saturated rings. The number of nitrogens with one attached hydrogen (secondary N) is 1. The number of hydrogen-bond acceptors (Lipinski definition) is 6. The van der Waals surface area contributed by atoms with Gasteiger partial charge in [-0.25, -0.2) is 5.32 Å². The van der Waals surface area contributed by atoms with Gasteiger partial charge < -0.3 is 9.47 Å². The van der Waals surface area contributed by atoms with Gasteiger partial charge in [0.2, 0.25) is 0 Å². The summed E-state index contributed by atoms with van der Waals surface area (Å²) in [6, 6.07) is -6.30. The largest absolute Gasteiger partial charge is 0.371 e. The Morgan fingerprint density at radius 1 is 1.11 bits per heavy atom. The van der Waals surface area contributed by atoms with Crippen molar-refractivity contribution in [1.29, 1.82) is 0 Å². The van der Waals surface area contributed by atoms with Crippen LogP contribution in [0.2, 0.25) is 0 Å². The van der Waals surface area contributed by atoms with Crippen LogP contribution in [0, 0.1) is 0 Å². The number of rotatable bonds is 12. The van der Waals surface area contributed by atoms with Crippen LogP contribution in [0.3, 0.4) is 0 Å². The number of thiol groups is 1. The fourth-order valence-corrected chi connectivity index (χ4v) is 1.64. The van der Waals surface area contributed by atoms with Crippen LogP contribution in [0.15, 0.2) is 0 Å². The second-order valence-electron chi connectivity index (χ2n) is 3.55. The van der Waals surface area contributed by atoms with E-state index in [9.17, 15) is 17.6 Å². The van der Waals surface area contributed by atoms with Gasteiger partial charge in [0.25, 0.3) is 0 Å². The topological polar surface area (TPSA) is 56.5 Å². The lowest BCUT2D eigenvalue weighted by Crippen LogP contribution is -2.37. The fourth-order valence-electron chi connectivity index (χ4n) is 0.878. The maximum absolute atomic E-state index is 13.1. The Morgan fingerprint density at radius 3 is 2.32 bits per heavy atom. The first-order valence-corrected chi connectivity index (χ1v) is 7.19. The standard InChI is InChI=1S/C9H18F4N2O2S2/c10-8(11,14)1-3-17-7-19-5-15-9(12,13)2-4-16-6-18/h15,18H,1-7,14H2. The van der Waals surface area contributed by atoms with Crippen LogP contribution in [0.4, 0.5) is 17.6 Å². The lowest BCUT2D eigenvalue weighted by atomic mass is 10.4. The van der Waals surface area contributed by atoms with Gasteiger partial charge in [-0.2, -0.15) is 30.2 Å². The van der Waals surface area contributed by atoms with Crippen LogP contribution in [0.5, 0.6) is 0 Å². The van der Waals surface area contributed by atoms with Crippen LogP contribution in [0.25, 0.3) is 0 Å². The second-order valence-corrected chi connectivity index (χ2v) is 4.74. The van der Waals surface area contributed by atoms with Gasteiger partial charge >= 0.3 is 12.1 Å². The van der Waals surface area contributed by atoms with E-state index in [0.29, 0.717) is 0 Å². The molecule has 0 aliphatic heterocycles. The number of ether oxygens (including phenoxy) is 2. The minimum atomic E-state index is -3.26. The number of alkyl halides is 4. The molecule has 0 spiro atoms. The highest BCUT2D eigenvalue weighted by atomic mass is 32.2. The highest BCUT2D eigenvalue weighted by molar-refractivity contribution is 7.99. The van der Waals surface area contributed by atoms with Gasteiger partial charge in [-0.05, 0) is 0 Å². The van der Waals surface area contributed by atoms with Crippen molar-refractivity contribution in [3.63, 3.8) is 0 Å². The lowest BCUT2D eigenvalue weighted by molar-refractivity contribution is -0.0539. The Bertz CT molecular complexity index is 233. The molecule has 4 nitrogen and oxygen atoms in total. The molecule has 0 heterocycles. The molecule has 0 aromatic heterocycles. The summed E-state index contributed by atoms with van der Waals surface area (Å²) in [7, 11) is 0. The van der Waals surface area contributed by atoms with Gasteiger partial charge in [0.05, 0.1) is 25.1 Å². The molecule has 0 aromatic carbocycles. The molecule has 10 heteroatoms. The highest BCUT2D eigenvalue weighted by Crippen LogP contribution is 2.16. The van der Waals surface area contributed by atoms with Crippen LogP contribution in [-0.2, 0) is 9.47 Å². The normalized spacial score (nSPS) is 12.9. The van der Waals surface area contributed by atoms with E-state index >= 15 is 0 Å². The molecule has 0 saturated carbocycles. The van der Waals surface area contributed by atoms with Gasteiger partial charge in [-0.3, -0.25) is 5.73 Å². The smallest absolute Gasteiger partial charge is 0.305 e. The quantitative estimate of drug-likeness (QED) is 0.169. The molecule has 0 aliphatic rings. The first-order chi connectivity index (χ1) is 8.77. The third-order valence-electron chi connectivity index (χ3n) is 1.83. The second kappa shape index (κ2) is 10.1. The van der Waals surface area contributed by atoms with Crippen molar-refractivity contribution in [2.24, 2.45) is 5.73 Å². The predicted molar refractivity (Wildman–Crippen MR) is 69.5 cm³/mol. The van der Waals surface area contributed by atoms with Crippen LogP contribution < -0.4 is 11.1 Å². The summed E-state index contributed by atoms with van der Waals surface area (Å²) >= 11 is 4.73. The van der Waals surface area contributed by atoms with Crippen LogP contribution in [-0.4, -0.2) is 43.1 Å². The zero-order valence-corrected chi connectivity index (χ0v) is 11.9. The molecule has 0 radical (unpaired) electrons. The number of halogens is 4. The molecule has 0 amide bonds. The Balaban J connectivity index is 3.42. The Morgan fingerprint density at radius 2 is 1.74 bits per heavy atom. The maximum Gasteiger partial charge on any atom is 0.305 e. The van der Waals surface area contributed by atoms with E-state index < -0.39 is 24.9 Å². The van der Waals surface area contributed by atoms with E-state index in [1.54, 1.807) is 0 Å². The molecular weight excluding hydrogens is 308 g/mol. The Hall–Kier alpha value is 0.260. The van der Waals surface area contributed by atoms with Crippen molar-refractivity contribution < 1.29 is 27.0 Å². The summed E-state index contributed by atoms with van der Waals surface area (Å²) in [5.74, 6) is 0.0592. The Kier molecular flexibility index (Phi) is 10.2. The first kappa shape index (κ1) is 19.3. The first-order valence-electron chi connectivity index (χ1n) is 5.40. The molecule has 0 bridgehead atoms. The fraction of sp³-hybridized carbons (Fsp3) is 1.00. The minimum Gasteiger partial charge on any atom is -0.371 e. The SMILES string of the molecule is NC(F)(F)CCOCSCNC(F)(F)CCOCS. The monoisotopic (exact) mass is 326 g/mol. The van der Waals surface area contributed by atoms with Gasteiger partial charge in [-0.15, -0.1) is 11.8 Å². The number of thioether (sulfide) groups is 1. The number of nitrogens with two attached hydrogens (primary N) is 1. The molecule has 0 aliphatic carbocycles. The predicted octanol–water partition coefficient (Wildman–Crippen LogP) is 2.07. The van der Waals surface area contributed by atoms with E-state index in [1.165, 1.54) is 0 Å². The van der Waals surface area contributed by atoms with Crippen molar-refractivity contribution in [2.75, 3.05) is 31.0 Å². The van der Waals surface area contributed by atoms with Gasteiger partial charge in [0, 0.05) is 18.7 Å². The third kappa shape index (κ3) is 14.5. The maximum atomic E-state index is 13.1. The molecule has 19 heavy (non-hydrogen) atoms. The highest BCUT2D eigenvalue weighted by Gasteiger charge is 2.27. The molecule has 0 unspecified atom stereocenters. The lowest BCUT2D eigenvalue weighted by Gasteiger charge is -2.17. The Labute approximate surface area is 119 Å². The number of hydrogen-bond donors (Lipinski definition) is 3. The average Bonchev–Trinajstić information content (AvgIpc) is 2.26. The molecule has 0 saturated heterocycles. The van der Waals surface area contributed by atoms with Crippen molar-refractivity contribution in [2.45, 2.75) is 24.9 Å². The van der Waals surface area contributed by atoms with Crippen LogP contribution in [0.1, 0.15) is 12.8 Å². The van der Waals surface area contributed by atoms with E-state index in [2.05, 4.69) is 18.4 Å². The van der Waals surface area contributed by atoms with E-state index in [0.717, 1.165) is 11.8 Å². The van der Waals surface area contributed by atoms with Crippen molar-refractivity contribution in [3.8, 4) is 0 Å². The van der Waals surface area contributed by atoms with Crippen molar-refractivity contribution in [3.05, 3.63) is 0 Å². The summed E-state index contributed by atoms with van der Waals surface area (Å²) in [4.78, 5) is 0.